The molecular weight excluding hydrogens is 190 g/mol. The zero-order chi connectivity index (χ0) is 10.5. The Hall–Kier alpha value is -1.29. The number of anilines is 1. The maximum Gasteiger partial charge on any atom is 0.169 e. The fourth-order valence-electron chi connectivity index (χ4n) is 1.41. The van der Waals surface area contributed by atoms with Gasteiger partial charge in [0.1, 0.15) is 0 Å². The molecule has 1 aliphatic rings. The van der Waals surface area contributed by atoms with Crippen LogP contribution in [0.2, 0.25) is 0 Å². The molecule has 0 radical (unpaired) electrons. The van der Waals surface area contributed by atoms with Crippen LogP contribution < -0.4 is 15.4 Å². The molecule has 1 saturated heterocycles. The summed E-state index contributed by atoms with van der Waals surface area (Å²) in [5.41, 5.74) is 0. The van der Waals surface area contributed by atoms with Gasteiger partial charge in [0.05, 0.1) is 12.6 Å². The van der Waals surface area contributed by atoms with Crippen molar-refractivity contribution >= 4 is 5.82 Å². The van der Waals surface area contributed by atoms with Crippen molar-refractivity contribution in [2.24, 2.45) is 0 Å². The zero-order valence-corrected chi connectivity index (χ0v) is 8.99. The molecular formula is C11H17N3O. The molecule has 0 aromatic carbocycles. The van der Waals surface area contributed by atoms with E-state index in [4.69, 9.17) is 4.74 Å². The molecule has 4 nitrogen and oxygen atoms in total. The Bertz CT molecular complexity index is 312. The smallest absolute Gasteiger partial charge is 0.169 e. The minimum Gasteiger partial charge on any atom is -0.490 e. The van der Waals surface area contributed by atoms with Crippen LogP contribution in [0.4, 0.5) is 5.82 Å². The van der Waals surface area contributed by atoms with Crippen molar-refractivity contribution in [3.63, 3.8) is 0 Å². The van der Waals surface area contributed by atoms with Gasteiger partial charge in [-0.3, -0.25) is 0 Å². The molecule has 82 valence electrons. The second-order valence-corrected chi connectivity index (χ2v) is 3.70. The van der Waals surface area contributed by atoms with Gasteiger partial charge in [-0.05, 0) is 18.6 Å². The lowest BCUT2D eigenvalue weighted by atomic mass is 10.2. The fourth-order valence-corrected chi connectivity index (χ4v) is 1.41. The molecule has 15 heavy (non-hydrogen) atoms. The summed E-state index contributed by atoms with van der Waals surface area (Å²) in [7, 11) is 0. The molecule has 1 aliphatic heterocycles. The Morgan fingerprint density at radius 3 is 3.13 bits per heavy atom. The van der Waals surface area contributed by atoms with Gasteiger partial charge in [0.2, 0.25) is 0 Å². The minimum absolute atomic E-state index is 0.490. The highest BCUT2D eigenvalue weighted by Gasteiger charge is 2.18. The molecule has 1 fully saturated rings. The lowest BCUT2D eigenvalue weighted by Crippen LogP contribution is -2.51. The van der Waals surface area contributed by atoms with Crippen molar-refractivity contribution in [3.8, 4) is 5.75 Å². The number of hydrogen-bond donors (Lipinski definition) is 2. The highest BCUT2D eigenvalue weighted by atomic mass is 16.5. The topological polar surface area (TPSA) is 46.2 Å². The lowest BCUT2D eigenvalue weighted by molar-refractivity contribution is 0.317. The first-order valence-corrected chi connectivity index (χ1v) is 5.45. The van der Waals surface area contributed by atoms with Crippen LogP contribution >= 0.6 is 0 Å². The van der Waals surface area contributed by atoms with E-state index in [0.717, 1.165) is 37.7 Å². The number of nitrogens with zero attached hydrogens (tertiary/aromatic N) is 1. The molecule has 0 aliphatic carbocycles. The molecule has 0 spiro atoms. The number of hydrogen-bond acceptors (Lipinski definition) is 4. The maximum atomic E-state index is 5.61. The Kier molecular flexibility index (Phi) is 3.40. The average molecular weight is 207 g/mol. The van der Waals surface area contributed by atoms with Crippen molar-refractivity contribution in [3.05, 3.63) is 18.3 Å². The van der Waals surface area contributed by atoms with Crippen molar-refractivity contribution in [1.82, 2.24) is 10.3 Å². The van der Waals surface area contributed by atoms with Gasteiger partial charge in [-0.25, -0.2) is 4.98 Å². The third kappa shape index (κ3) is 2.59. The van der Waals surface area contributed by atoms with Gasteiger partial charge in [-0.2, -0.15) is 0 Å². The molecule has 0 amide bonds. The van der Waals surface area contributed by atoms with E-state index in [1.807, 2.05) is 12.1 Å². The first-order valence-electron chi connectivity index (χ1n) is 5.45. The van der Waals surface area contributed by atoms with Gasteiger partial charge in [-0.15, -0.1) is 0 Å². The molecule has 0 bridgehead atoms. The van der Waals surface area contributed by atoms with Crippen LogP contribution in [-0.4, -0.2) is 30.7 Å². The molecule has 2 N–H and O–H groups in total. The second kappa shape index (κ2) is 4.98. The summed E-state index contributed by atoms with van der Waals surface area (Å²) in [5, 5.41) is 6.57. The molecule has 4 heteroatoms. The highest BCUT2D eigenvalue weighted by Crippen LogP contribution is 2.22. The number of aromatic nitrogens is 1. The van der Waals surface area contributed by atoms with Crippen LogP contribution in [0.3, 0.4) is 0 Å². The molecule has 0 saturated carbocycles. The summed E-state index contributed by atoms with van der Waals surface area (Å²) in [6.45, 7) is 4.84. The summed E-state index contributed by atoms with van der Waals surface area (Å²) in [6, 6.07) is 4.34. The Balaban J connectivity index is 1.99. The number of rotatable bonds is 5. The normalized spacial score (nSPS) is 15.8. The average Bonchev–Trinajstić information content (AvgIpc) is 2.22. The lowest BCUT2D eigenvalue weighted by Gasteiger charge is -2.29. The fraction of sp³-hybridized carbons (Fsp3) is 0.545. The maximum absolute atomic E-state index is 5.61. The predicted molar refractivity (Wildman–Crippen MR) is 60.3 cm³/mol. The first-order chi connectivity index (χ1) is 7.40. The molecule has 1 aromatic heterocycles. The summed E-state index contributed by atoms with van der Waals surface area (Å²) in [5.74, 6) is 1.71. The predicted octanol–water partition coefficient (Wildman–Crippen LogP) is 1.25. The summed E-state index contributed by atoms with van der Waals surface area (Å²) >= 11 is 0. The highest BCUT2D eigenvalue weighted by molar-refractivity contribution is 5.50. The van der Waals surface area contributed by atoms with Gasteiger partial charge in [0, 0.05) is 19.3 Å². The van der Waals surface area contributed by atoms with Crippen molar-refractivity contribution < 1.29 is 4.74 Å². The Labute approximate surface area is 90.0 Å². The van der Waals surface area contributed by atoms with Crippen LogP contribution in [0.5, 0.6) is 5.75 Å². The minimum atomic E-state index is 0.490. The number of pyridine rings is 1. The number of ether oxygens (including phenoxy) is 1. The van der Waals surface area contributed by atoms with Gasteiger partial charge in [0.15, 0.2) is 11.6 Å². The van der Waals surface area contributed by atoms with Gasteiger partial charge in [-0.1, -0.05) is 6.92 Å². The Morgan fingerprint density at radius 2 is 2.47 bits per heavy atom. The largest absolute Gasteiger partial charge is 0.490 e. The monoisotopic (exact) mass is 207 g/mol. The summed E-state index contributed by atoms with van der Waals surface area (Å²) in [6.07, 6.45) is 2.80. The molecule has 0 unspecified atom stereocenters. The van der Waals surface area contributed by atoms with E-state index in [1.165, 1.54) is 0 Å². The zero-order valence-electron chi connectivity index (χ0n) is 8.99. The van der Waals surface area contributed by atoms with Crippen molar-refractivity contribution in [2.75, 3.05) is 25.0 Å². The van der Waals surface area contributed by atoms with Crippen LogP contribution in [0, 0.1) is 0 Å². The van der Waals surface area contributed by atoms with E-state index in [1.54, 1.807) is 6.20 Å². The van der Waals surface area contributed by atoms with Gasteiger partial charge in [0.25, 0.3) is 0 Å². The summed E-state index contributed by atoms with van der Waals surface area (Å²) < 4.78 is 5.61. The molecule has 2 rings (SSSR count). The van der Waals surface area contributed by atoms with E-state index < -0.39 is 0 Å². The quantitative estimate of drug-likeness (QED) is 0.763. The second-order valence-electron chi connectivity index (χ2n) is 3.70. The van der Waals surface area contributed by atoms with E-state index in [-0.39, 0.29) is 0 Å². The third-order valence-electron chi connectivity index (χ3n) is 2.35. The molecule has 0 atom stereocenters. The Morgan fingerprint density at radius 1 is 1.60 bits per heavy atom. The SMILES string of the molecule is CCCOc1cccnc1NC1CNC1. The van der Waals surface area contributed by atoms with Crippen LogP contribution in [0.1, 0.15) is 13.3 Å². The molecule has 1 aromatic rings. The van der Waals surface area contributed by atoms with E-state index in [2.05, 4.69) is 22.5 Å². The van der Waals surface area contributed by atoms with Gasteiger partial charge >= 0.3 is 0 Å². The first kappa shape index (κ1) is 10.2. The van der Waals surface area contributed by atoms with E-state index in [0.29, 0.717) is 6.04 Å². The molecule has 2 heterocycles. The number of nitrogens with one attached hydrogen (secondary N) is 2. The third-order valence-corrected chi connectivity index (χ3v) is 2.35. The van der Waals surface area contributed by atoms with E-state index in [9.17, 15) is 0 Å². The van der Waals surface area contributed by atoms with Crippen molar-refractivity contribution in [2.45, 2.75) is 19.4 Å². The standard InChI is InChI=1S/C11H17N3O/c1-2-6-15-10-4-3-5-13-11(10)14-9-7-12-8-9/h3-5,9,12H,2,6-8H2,1H3,(H,13,14). The van der Waals surface area contributed by atoms with Crippen LogP contribution in [0.15, 0.2) is 18.3 Å². The van der Waals surface area contributed by atoms with Gasteiger partial charge < -0.3 is 15.4 Å². The van der Waals surface area contributed by atoms with Crippen molar-refractivity contribution in [1.29, 1.82) is 0 Å². The summed E-state index contributed by atoms with van der Waals surface area (Å²) in [4.78, 5) is 4.29. The van der Waals surface area contributed by atoms with E-state index >= 15 is 0 Å². The van der Waals surface area contributed by atoms with Crippen LogP contribution in [-0.2, 0) is 0 Å². The van der Waals surface area contributed by atoms with Crippen LogP contribution in [0.25, 0.3) is 0 Å².